The van der Waals surface area contributed by atoms with E-state index in [1.807, 2.05) is 0 Å². The summed E-state index contributed by atoms with van der Waals surface area (Å²) in [6.07, 6.45) is 2.37. The third-order valence-corrected chi connectivity index (χ3v) is 10.8. The van der Waals surface area contributed by atoms with Crippen LogP contribution in [-0.2, 0) is 9.47 Å². The maximum Gasteiger partial charge on any atom is 0.208 e. The average molecular weight is 540 g/mol. The van der Waals surface area contributed by atoms with Crippen LogP contribution in [0.4, 0.5) is 0 Å². The van der Waals surface area contributed by atoms with Crippen molar-refractivity contribution >= 4 is 63.7 Å². The van der Waals surface area contributed by atoms with Gasteiger partial charge in [-0.15, -0.1) is 6.58 Å². The van der Waals surface area contributed by atoms with Gasteiger partial charge in [0.15, 0.2) is 0 Å². The lowest BCUT2D eigenvalue weighted by molar-refractivity contribution is -0.214. The number of fused-ring (bicyclic) bond motifs is 2. The van der Waals surface area contributed by atoms with E-state index in [-0.39, 0.29) is 5.92 Å². The zero-order valence-electron chi connectivity index (χ0n) is 11.1. The van der Waals surface area contributed by atoms with Crippen molar-refractivity contribution in [2.75, 3.05) is 14.2 Å². The highest BCUT2D eigenvalue weighted by atomic mass is 79.9. The Balaban J connectivity index is 2.60. The normalized spacial score (nSPS) is 40.2. The number of ether oxygens (including phenoxy) is 2. The van der Waals surface area contributed by atoms with Crippen LogP contribution in [0.25, 0.3) is 0 Å². The number of halogens is 4. The van der Waals surface area contributed by atoms with Gasteiger partial charge in [-0.05, 0) is 12.8 Å². The fraction of sp³-hybridized carbons (Fsp3) is 0.692. The van der Waals surface area contributed by atoms with Crippen LogP contribution in [0.1, 0.15) is 12.8 Å². The van der Waals surface area contributed by atoms with Crippen LogP contribution in [0.2, 0.25) is 0 Å². The molecule has 0 radical (unpaired) electrons. The Morgan fingerprint density at radius 1 is 1.35 bits per heavy atom. The quantitative estimate of drug-likeness (QED) is 0.323. The molecule has 2 aliphatic carbocycles. The van der Waals surface area contributed by atoms with E-state index in [0.717, 1.165) is 8.96 Å². The second kappa shape index (κ2) is 5.73. The molecule has 4 atom stereocenters. The van der Waals surface area contributed by atoms with Crippen molar-refractivity contribution in [2.24, 2.45) is 5.92 Å². The number of methoxy groups -OCH3 is 2. The minimum atomic E-state index is -0.954. The van der Waals surface area contributed by atoms with Gasteiger partial charge in [-0.2, -0.15) is 0 Å². The van der Waals surface area contributed by atoms with Gasteiger partial charge >= 0.3 is 0 Å². The van der Waals surface area contributed by atoms with Crippen molar-refractivity contribution in [3.05, 3.63) is 21.6 Å². The van der Waals surface area contributed by atoms with Crippen LogP contribution in [-0.4, -0.2) is 39.9 Å². The lowest BCUT2D eigenvalue weighted by Crippen LogP contribution is -2.57. The van der Waals surface area contributed by atoms with Crippen molar-refractivity contribution < 1.29 is 14.6 Å². The van der Waals surface area contributed by atoms with Gasteiger partial charge in [0.25, 0.3) is 0 Å². The Hall–Kier alpha value is 1.28. The fourth-order valence-electron chi connectivity index (χ4n) is 3.43. The largest absolute Gasteiger partial charge is 0.392 e. The van der Waals surface area contributed by atoms with Crippen LogP contribution in [0.3, 0.4) is 0 Å². The first kappa shape index (κ1) is 17.6. The monoisotopic (exact) mass is 536 g/mol. The minimum Gasteiger partial charge on any atom is -0.392 e. The molecule has 7 heteroatoms. The van der Waals surface area contributed by atoms with Gasteiger partial charge in [0.2, 0.25) is 5.79 Å². The lowest BCUT2D eigenvalue weighted by Gasteiger charge is -2.42. The van der Waals surface area contributed by atoms with Gasteiger partial charge < -0.3 is 14.6 Å². The van der Waals surface area contributed by atoms with Gasteiger partial charge in [-0.25, -0.2) is 0 Å². The Bertz CT molecular complexity index is 463. The first-order valence-electron chi connectivity index (χ1n) is 6.10. The molecule has 0 unspecified atom stereocenters. The molecule has 114 valence electrons. The summed E-state index contributed by atoms with van der Waals surface area (Å²) in [4.78, 5) is 0. The summed E-state index contributed by atoms with van der Waals surface area (Å²) in [5.74, 6) is -1.04. The first-order valence-corrected chi connectivity index (χ1v) is 9.27. The van der Waals surface area contributed by atoms with E-state index >= 15 is 0 Å². The minimum absolute atomic E-state index is 0.0875. The Labute approximate surface area is 152 Å². The van der Waals surface area contributed by atoms with Gasteiger partial charge in [-0.3, -0.25) is 0 Å². The van der Waals surface area contributed by atoms with Crippen LogP contribution in [0, 0.1) is 5.92 Å². The summed E-state index contributed by atoms with van der Waals surface area (Å²) in [7, 11) is 3.23. The Morgan fingerprint density at radius 3 is 2.30 bits per heavy atom. The number of hydrogen-bond donors (Lipinski definition) is 1. The van der Waals surface area contributed by atoms with Crippen LogP contribution >= 0.6 is 63.7 Å². The number of alkyl halides is 2. The standard InChI is InChI=1S/C13H16Br4O3/c1-4-5-8(18)7-6-11(16)9(14)10(15)12(7,17)13(11,19-2)20-3/h4,7-8,18H,1,5-6H2,2-3H3/t7-,8+,11-,12+/m1/s1. The highest BCUT2D eigenvalue weighted by Crippen LogP contribution is 2.74. The molecule has 2 aliphatic rings. The van der Waals surface area contributed by atoms with Crippen LogP contribution in [0.15, 0.2) is 21.6 Å². The maximum absolute atomic E-state index is 10.5. The van der Waals surface area contributed by atoms with E-state index in [0.29, 0.717) is 12.8 Å². The lowest BCUT2D eigenvalue weighted by atomic mass is 9.86. The maximum atomic E-state index is 10.5. The topological polar surface area (TPSA) is 38.7 Å². The highest BCUT2D eigenvalue weighted by Gasteiger charge is 2.80. The molecule has 20 heavy (non-hydrogen) atoms. The molecule has 1 fully saturated rings. The smallest absolute Gasteiger partial charge is 0.208 e. The molecule has 0 aromatic carbocycles. The van der Waals surface area contributed by atoms with E-state index in [1.54, 1.807) is 20.3 Å². The van der Waals surface area contributed by atoms with Gasteiger partial charge in [-0.1, -0.05) is 69.8 Å². The summed E-state index contributed by atoms with van der Waals surface area (Å²) in [6, 6.07) is 0. The van der Waals surface area contributed by atoms with E-state index in [1.165, 1.54) is 0 Å². The van der Waals surface area contributed by atoms with Crippen molar-refractivity contribution in [3.8, 4) is 0 Å². The molecule has 0 amide bonds. The molecule has 0 spiro atoms. The fourth-order valence-corrected chi connectivity index (χ4v) is 8.36. The molecule has 0 saturated heterocycles. The average Bonchev–Trinajstić information content (AvgIpc) is 2.70. The summed E-state index contributed by atoms with van der Waals surface area (Å²) >= 11 is 14.8. The summed E-state index contributed by atoms with van der Waals surface area (Å²) in [5.41, 5.74) is 0. The molecule has 2 rings (SSSR count). The number of aliphatic hydroxyl groups is 1. The number of aliphatic hydroxyl groups excluding tert-OH is 1. The van der Waals surface area contributed by atoms with E-state index < -0.39 is 20.5 Å². The molecule has 3 nitrogen and oxygen atoms in total. The Kier molecular flexibility index (Phi) is 5.05. The summed E-state index contributed by atoms with van der Waals surface area (Å²) in [5, 5.41) is 10.5. The van der Waals surface area contributed by atoms with Crippen molar-refractivity contribution in [1.82, 2.24) is 0 Å². The Morgan fingerprint density at radius 2 is 1.90 bits per heavy atom. The predicted octanol–water partition coefficient (Wildman–Crippen LogP) is 4.21. The molecule has 1 saturated carbocycles. The molecule has 2 bridgehead atoms. The van der Waals surface area contributed by atoms with Crippen molar-refractivity contribution in [1.29, 1.82) is 0 Å². The van der Waals surface area contributed by atoms with Crippen molar-refractivity contribution in [2.45, 2.75) is 33.4 Å². The summed E-state index contributed by atoms with van der Waals surface area (Å²) < 4.78 is 12.2. The number of rotatable bonds is 5. The molecule has 0 aliphatic heterocycles. The first-order chi connectivity index (χ1) is 9.26. The molecule has 1 N–H and O–H groups in total. The van der Waals surface area contributed by atoms with E-state index in [4.69, 9.17) is 9.47 Å². The predicted molar refractivity (Wildman–Crippen MR) is 93.9 cm³/mol. The molecular formula is C13H16Br4O3. The van der Waals surface area contributed by atoms with Gasteiger partial charge in [0, 0.05) is 29.1 Å². The van der Waals surface area contributed by atoms with Crippen LogP contribution < -0.4 is 0 Å². The zero-order chi connectivity index (χ0) is 15.3. The highest BCUT2D eigenvalue weighted by molar-refractivity contribution is 9.16. The zero-order valence-corrected chi connectivity index (χ0v) is 17.5. The third-order valence-electron chi connectivity index (χ3n) is 4.32. The van der Waals surface area contributed by atoms with Gasteiger partial charge in [0.1, 0.15) is 8.65 Å². The third kappa shape index (κ3) is 1.83. The van der Waals surface area contributed by atoms with Crippen molar-refractivity contribution in [3.63, 3.8) is 0 Å². The molecular weight excluding hydrogens is 524 g/mol. The SMILES string of the molecule is C=CC[C@H](O)[C@H]1C[C@@]2(Br)C(Br)=C(Br)[C@]1(Br)C2(OC)OC. The van der Waals surface area contributed by atoms with E-state index in [9.17, 15) is 5.11 Å². The number of hydrogen-bond acceptors (Lipinski definition) is 3. The molecule has 0 aromatic rings. The summed E-state index contributed by atoms with van der Waals surface area (Å²) in [6.45, 7) is 3.70. The van der Waals surface area contributed by atoms with E-state index in [2.05, 4.69) is 70.3 Å². The van der Waals surface area contributed by atoms with Gasteiger partial charge in [0.05, 0.1) is 6.10 Å². The second-order valence-corrected chi connectivity index (χ2v) is 9.26. The molecule has 0 aromatic heterocycles. The molecule has 0 heterocycles. The second-order valence-electron chi connectivity index (χ2n) is 5.07. The van der Waals surface area contributed by atoms with Crippen LogP contribution in [0.5, 0.6) is 0 Å².